The van der Waals surface area contributed by atoms with Crippen LogP contribution in [0.1, 0.15) is 31.4 Å². The Labute approximate surface area is 166 Å². The average molecular weight is 403 g/mol. The Morgan fingerprint density at radius 3 is 2.57 bits per heavy atom. The number of carbonyl (C=O) groups is 1. The summed E-state index contributed by atoms with van der Waals surface area (Å²) in [5.74, 6) is 0.749. The lowest BCUT2D eigenvalue weighted by Gasteiger charge is -2.30. The molecule has 0 aliphatic carbocycles. The van der Waals surface area contributed by atoms with Crippen molar-refractivity contribution in [1.29, 1.82) is 0 Å². The molecule has 0 bridgehead atoms. The van der Waals surface area contributed by atoms with Crippen molar-refractivity contribution in [3.63, 3.8) is 0 Å². The molecule has 1 amide bonds. The Kier molecular flexibility index (Phi) is 6.24. The monoisotopic (exact) mass is 402 g/mol. The van der Waals surface area contributed by atoms with Gasteiger partial charge in [-0.2, -0.15) is 0 Å². The molecule has 0 atom stereocenters. The lowest BCUT2D eigenvalue weighted by molar-refractivity contribution is -0.115. The minimum Gasteiger partial charge on any atom is -0.494 e. The molecule has 0 saturated heterocycles. The van der Waals surface area contributed by atoms with Gasteiger partial charge in [0, 0.05) is 12.2 Å². The summed E-state index contributed by atoms with van der Waals surface area (Å²) < 4.78 is 31.5. The van der Waals surface area contributed by atoms with E-state index in [4.69, 9.17) is 4.74 Å². The van der Waals surface area contributed by atoms with Crippen LogP contribution in [0.2, 0.25) is 0 Å². The fourth-order valence-corrected chi connectivity index (χ4v) is 4.54. The molecular formula is C21H26N2O4S. The predicted octanol–water partition coefficient (Wildman–Crippen LogP) is 3.37. The molecule has 1 aliphatic rings. The quantitative estimate of drug-likeness (QED) is 0.770. The smallest absolute Gasteiger partial charge is 0.234 e. The second-order valence-corrected chi connectivity index (χ2v) is 8.90. The summed E-state index contributed by atoms with van der Waals surface area (Å²) in [6, 6.07) is 12.9. The summed E-state index contributed by atoms with van der Waals surface area (Å²) >= 11 is 0. The van der Waals surface area contributed by atoms with E-state index < -0.39 is 10.0 Å². The highest BCUT2D eigenvalue weighted by Gasteiger charge is 2.26. The van der Waals surface area contributed by atoms with Gasteiger partial charge in [-0.3, -0.25) is 9.10 Å². The molecule has 0 radical (unpaired) electrons. The van der Waals surface area contributed by atoms with Gasteiger partial charge in [0.05, 0.1) is 24.5 Å². The topological polar surface area (TPSA) is 75.7 Å². The van der Waals surface area contributed by atoms with Crippen molar-refractivity contribution in [3.05, 3.63) is 53.6 Å². The molecule has 7 heteroatoms. The molecule has 1 N–H and O–H groups in total. The van der Waals surface area contributed by atoms with Gasteiger partial charge in [-0.1, -0.05) is 12.1 Å². The number of amides is 1. The van der Waals surface area contributed by atoms with E-state index in [0.29, 0.717) is 18.8 Å². The molecule has 1 heterocycles. The van der Waals surface area contributed by atoms with Crippen LogP contribution >= 0.6 is 0 Å². The summed E-state index contributed by atoms with van der Waals surface area (Å²) in [5, 5.41) is 2.91. The third kappa shape index (κ3) is 4.65. The molecule has 0 unspecified atom stereocenters. The van der Waals surface area contributed by atoms with Gasteiger partial charge in [0.2, 0.25) is 15.9 Å². The zero-order chi connectivity index (χ0) is 20.1. The van der Waals surface area contributed by atoms with E-state index in [1.165, 1.54) is 4.31 Å². The molecule has 0 aromatic heterocycles. The van der Waals surface area contributed by atoms with Gasteiger partial charge in [0.15, 0.2) is 0 Å². The van der Waals surface area contributed by atoms with Crippen molar-refractivity contribution in [2.45, 2.75) is 33.1 Å². The molecule has 0 saturated carbocycles. The maximum Gasteiger partial charge on any atom is 0.234 e. The molecular weight excluding hydrogens is 376 g/mol. The van der Waals surface area contributed by atoms with E-state index in [2.05, 4.69) is 5.32 Å². The van der Waals surface area contributed by atoms with Crippen LogP contribution in [-0.4, -0.2) is 33.2 Å². The number of anilines is 2. The molecule has 28 heavy (non-hydrogen) atoms. The van der Waals surface area contributed by atoms with Crippen molar-refractivity contribution >= 4 is 27.3 Å². The van der Waals surface area contributed by atoms with E-state index in [-0.39, 0.29) is 18.1 Å². The lowest BCUT2D eigenvalue weighted by Crippen LogP contribution is -2.36. The van der Waals surface area contributed by atoms with Crippen molar-refractivity contribution < 1.29 is 17.9 Å². The average Bonchev–Trinajstić information content (AvgIpc) is 2.69. The maximum absolute atomic E-state index is 12.4. The summed E-state index contributed by atoms with van der Waals surface area (Å²) in [6.07, 6.45) is 1.84. The van der Waals surface area contributed by atoms with E-state index in [0.717, 1.165) is 35.4 Å². The van der Waals surface area contributed by atoms with Crippen molar-refractivity contribution in [1.82, 2.24) is 0 Å². The normalized spacial score (nSPS) is 13.7. The lowest BCUT2D eigenvalue weighted by atomic mass is 10.0. The Morgan fingerprint density at radius 1 is 1.14 bits per heavy atom. The number of ether oxygens (including phenoxy) is 1. The third-order valence-electron chi connectivity index (χ3n) is 4.74. The Morgan fingerprint density at radius 2 is 1.89 bits per heavy atom. The van der Waals surface area contributed by atoms with Gasteiger partial charge in [0.1, 0.15) is 5.75 Å². The van der Waals surface area contributed by atoms with Gasteiger partial charge in [-0.25, -0.2) is 8.42 Å². The number of aryl methyl sites for hydroxylation is 1. The third-order valence-corrected chi connectivity index (χ3v) is 6.52. The number of hydrogen-bond acceptors (Lipinski definition) is 4. The molecule has 1 aliphatic heterocycles. The number of nitrogens with zero attached hydrogens (tertiary/aromatic N) is 1. The van der Waals surface area contributed by atoms with Crippen molar-refractivity contribution in [2.24, 2.45) is 0 Å². The van der Waals surface area contributed by atoms with Gasteiger partial charge < -0.3 is 10.1 Å². The highest BCUT2D eigenvalue weighted by Crippen LogP contribution is 2.31. The molecule has 2 aromatic carbocycles. The Balaban J connectivity index is 1.69. The number of fused-ring (bicyclic) bond motifs is 1. The minimum absolute atomic E-state index is 0.0764. The van der Waals surface area contributed by atoms with Gasteiger partial charge >= 0.3 is 0 Å². The fourth-order valence-electron chi connectivity index (χ4n) is 3.35. The molecule has 6 nitrogen and oxygen atoms in total. The van der Waals surface area contributed by atoms with Crippen LogP contribution in [0.25, 0.3) is 0 Å². The second-order valence-electron chi connectivity index (χ2n) is 6.72. The maximum atomic E-state index is 12.4. The Bertz CT molecular complexity index is 939. The first-order chi connectivity index (χ1) is 13.4. The first-order valence-electron chi connectivity index (χ1n) is 9.58. The minimum atomic E-state index is -3.28. The van der Waals surface area contributed by atoms with Crippen LogP contribution in [-0.2, 0) is 27.7 Å². The molecule has 150 valence electrons. The zero-order valence-corrected chi connectivity index (χ0v) is 17.1. The number of carbonyl (C=O) groups excluding carboxylic acids is 1. The van der Waals surface area contributed by atoms with Crippen LogP contribution in [0.15, 0.2) is 42.5 Å². The van der Waals surface area contributed by atoms with Crippen molar-refractivity contribution in [3.8, 4) is 5.75 Å². The van der Waals surface area contributed by atoms with Gasteiger partial charge in [0.25, 0.3) is 0 Å². The van der Waals surface area contributed by atoms with Crippen molar-refractivity contribution in [2.75, 3.05) is 28.5 Å². The van der Waals surface area contributed by atoms with E-state index in [9.17, 15) is 13.2 Å². The highest BCUT2D eigenvalue weighted by molar-refractivity contribution is 7.92. The molecule has 3 rings (SSSR count). The number of nitrogens with one attached hydrogen (secondary N) is 1. The van der Waals surface area contributed by atoms with Crippen LogP contribution in [0.3, 0.4) is 0 Å². The van der Waals surface area contributed by atoms with E-state index >= 15 is 0 Å². The van der Waals surface area contributed by atoms with Crippen LogP contribution < -0.4 is 14.4 Å². The Hall–Kier alpha value is -2.54. The summed E-state index contributed by atoms with van der Waals surface area (Å²) in [7, 11) is -3.28. The molecule has 0 spiro atoms. The SMILES string of the molecule is CCOc1ccc(CC(=O)Nc2ccc3c(c2)CCCN3S(=O)(=O)CC)cc1. The molecule has 0 fully saturated rings. The van der Waals surface area contributed by atoms with E-state index in [1.807, 2.05) is 37.3 Å². The number of rotatable bonds is 7. The first-order valence-corrected chi connectivity index (χ1v) is 11.2. The summed E-state index contributed by atoms with van der Waals surface area (Å²) in [6.45, 7) is 4.69. The summed E-state index contributed by atoms with van der Waals surface area (Å²) in [5.41, 5.74) is 3.25. The zero-order valence-electron chi connectivity index (χ0n) is 16.3. The number of benzene rings is 2. The second kappa shape index (κ2) is 8.65. The first kappa shape index (κ1) is 20.2. The standard InChI is InChI=1S/C21H26N2O4S/c1-3-27-19-10-7-16(8-11-19)14-21(24)22-18-9-12-20-17(15-18)6-5-13-23(20)28(25,26)4-2/h7-12,15H,3-6,13-14H2,1-2H3,(H,22,24). The van der Waals surface area contributed by atoms with Crippen LogP contribution in [0, 0.1) is 0 Å². The molecule has 2 aromatic rings. The predicted molar refractivity (Wildman–Crippen MR) is 112 cm³/mol. The van der Waals surface area contributed by atoms with Gasteiger partial charge in [-0.15, -0.1) is 0 Å². The summed E-state index contributed by atoms with van der Waals surface area (Å²) in [4.78, 5) is 12.4. The largest absolute Gasteiger partial charge is 0.494 e. The van der Waals surface area contributed by atoms with E-state index in [1.54, 1.807) is 19.1 Å². The highest BCUT2D eigenvalue weighted by atomic mass is 32.2. The number of sulfonamides is 1. The van der Waals surface area contributed by atoms with Crippen LogP contribution in [0.5, 0.6) is 5.75 Å². The van der Waals surface area contributed by atoms with Crippen LogP contribution in [0.4, 0.5) is 11.4 Å². The number of hydrogen-bond donors (Lipinski definition) is 1. The fraction of sp³-hybridized carbons (Fsp3) is 0.381. The van der Waals surface area contributed by atoms with Gasteiger partial charge in [-0.05, 0) is 68.1 Å².